The Bertz CT molecular complexity index is 965. The zero-order valence-electron chi connectivity index (χ0n) is 14.8. The van der Waals surface area contributed by atoms with Crippen molar-refractivity contribution >= 4 is 28.8 Å². The van der Waals surface area contributed by atoms with Gasteiger partial charge >= 0.3 is 0 Å². The number of amidine groups is 1. The Morgan fingerprint density at radius 3 is 2.85 bits per heavy atom. The molecule has 2 aromatic rings. The molecule has 1 aromatic carbocycles. The lowest BCUT2D eigenvalue weighted by Gasteiger charge is -2.36. The van der Waals surface area contributed by atoms with Crippen molar-refractivity contribution in [2.75, 3.05) is 5.75 Å². The first-order chi connectivity index (χ1) is 12.8. The summed E-state index contributed by atoms with van der Waals surface area (Å²) in [6.45, 7) is 3.82. The molecule has 0 saturated heterocycles. The van der Waals surface area contributed by atoms with Crippen molar-refractivity contribution in [1.29, 1.82) is 5.26 Å². The van der Waals surface area contributed by atoms with E-state index in [2.05, 4.69) is 15.0 Å². The zero-order chi connectivity index (χ0) is 19.6. The maximum absolute atomic E-state index is 14.6. The first-order valence-corrected chi connectivity index (χ1v) is 9.20. The van der Waals surface area contributed by atoms with Gasteiger partial charge in [-0.25, -0.2) is 18.7 Å². The molecule has 5 nitrogen and oxygen atoms in total. The molecule has 2 atom stereocenters. The molecule has 27 heavy (non-hydrogen) atoms. The van der Waals surface area contributed by atoms with Gasteiger partial charge < -0.3 is 5.73 Å². The van der Waals surface area contributed by atoms with Crippen molar-refractivity contribution in [3.05, 3.63) is 58.9 Å². The van der Waals surface area contributed by atoms with Crippen molar-refractivity contribution in [3.63, 3.8) is 0 Å². The molecule has 0 fully saturated rings. The number of aliphatic imine (C=N–C) groups is 1. The van der Waals surface area contributed by atoms with Crippen LogP contribution in [0.1, 0.15) is 36.4 Å². The highest BCUT2D eigenvalue weighted by Crippen LogP contribution is 2.41. The minimum Gasteiger partial charge on any atom is -0.379 e. The Morgan fingerprint density at radius 2 is 2.19 bits per heavy atom. The molecule has 0 radical (unpaired) electrons. The maximum atomic E-state index is 14.6. The third-order valence-corrected chi connectivity index (χ3v) is 5.68. The first kappa shape index (κ1) is 19.0. The lowest BCUT2D eigenvalue weighted by Crippen LogP contribution is -2.37. The summed E-state index contributed by atoms with van der Waals surface area (Å²) in [5.41, 5.74) is 5.96. The standard InChI is InChI=1S/C19H17F2N5S/c1-11-10-27-18(23)26-19(11,2)14-5-12(3-4-15(14)20)6-16(21)17-9-24-13(7-22)8-25-17/h3-6,8-9,11H,10H2,1-2H3,(H2,23,26)/b16-6-/t11-,19-/m0/s1. The molecule has 3 rings (SSSR count). The fourth-order valence-electron chi connectivity index (χ4n) is 2.82. The van der Waals surface area contributed by atoms with Crippen molar-refractivity contribution in [3.8, 4) is 6.07 Å². The first-order valence-electron chi connectivity index (χ1n) is 8.21. The smallest absolute Gasteiger partial charge is 0.158 e. The average Bonchev–Trinajstić information content (AvgIpc) is 2.66. The summed E-state index contributed by atoms with van der Waals surface area (Å²) < 4.78 is 29.1. The van der Waals surface area contributed by atoms with E-state index in [1.54, 1.807) is 6.07 Å². The predicted molar refractivity (Wildman–Crippen MR) is 103 cm³/mol. The Kier molecular flexibility index (Phi) is 5.24. The molecule has 0 aliphatic carbocycles. The summed E-state index contributed by atoms with van der Waals surface area (Å²) >= 11 is 1.44. The van der Waals surface area contributed by atoms with E-state index in [4.69, 9.17) is 11.0 Å². The van der Waals surface area contributed by atoms with Gasteiger partial charge in [-0.15, -0.1) is 0 Å². The number of rotatable bonds is 3. The minimum atomic E-state index is -0.825. The molecule has 138 valence electrons. The molecule has 1 aromatic heterocycles. The van der Waals surface area contributed by atoms with E-state index in [9.17, 15) is 8.78 Å². The summed E-state index contributed by atoms with van der Waals surface area (Å²) in [5.74, 6) is -0.271. The van der Waals surface area contributed by atoms with Crippen LogP contribution in [0.2, 0.25) is 0 Å². The zero-order valence-corrected chi connectivity index (χ0v) is 15.6. The second kappa shape index (κ2) is 7.45. The number of nitrogens with two attached hydrogens (primary N) is 1. The van der Waals surface area contributed by atoms with Crippen LogP contribution in [0.15, 0.2) is 35.6 Å². The van der Waals surface area contributed by atoms with Crippen LogP contribution in [-0.2, 0) is 5.54 Å². The number of aromatic nitrogens is 2. The third kappa shape index (κ3) is 3.83. The SMILES string of the molecule is C[C@H]1CSC(N)=N[C@]1(C)c1cc(/C=C(\F)c2cnc(C#N)cn2)ccc1F. The van der Waals surface area contributed by atoms with Gasteiger partial charge in [0.05, 0.1) is 17.9 Å². The van der Waals surface area contributed by atoms with Crippen LogP contribution in [-0.4, -0.2) is 20.9 Å². The van der Waals surface area contributed by atoms with E-state index in [-0.39, 0.29) is 17.3 Å². The van der Waals surface area contributed by atoms with Crippen molar-refractivity contribution in [2.45, 2.75) is 19.4 Å². The van der Waals surface area contributed by atoms with Crippen LogP contribution in [0.4, 0.5) is 8.78 Å². The van der Waals surface area contributed by atoms with Gasteiger partial charge in [-0.05, 0) is 36.6 Å². The Balaban J connectivity index is 2.00. The summed E-state index contributed by atoms with van der Waals surface area (Å²) in [6.07, 6.45) is 3.62. The van der Waals surface area contributed by atoms with E-state index < -0.39 is 17.2 Å². The van der Waals surface area contributed by atoms with Crippen LogP contribution in [0.5, 0.6) is 0 Å². The highest BCUT2D eigenvalue weighted by molar-refractivity contribution is 8.13. The van der Waals surface area contributed by atoms with Gasteiger partial charge in [-0.1, -0.05) is 24.8 Å². The molecular formula is C19H17F2N5S. The maximum Gasteiger partial charge on any atom is 0.158 e. The summed E-state index contributed by atoms with van der Waals surface area (Å²) in [6, 6.07) is 6.18. The summed E-state index contributed by atoms with van der Waals surface area (Å²) in [7, 11) is 0. The Labute approximate surface area is 160 Å². The van der Waals surface area contributed by atoms with Crippen LogP contribution >= 0.6 is 11.8 Å². The predicted octanol–water partition coefficient (Wildman–Crippen LogP) is 3.87. The fraction of sp³-hybridized carbons (Fsp3) is 0.263. The van der Waals surface area contributed by atoms with Crippen molar-refractivity contribution < 1.29 is 8.78 Å². The second-order valence-corrected chi connectivity index (χ2v) is 7.48. The summed E-state index contributed by atoms with van der Waals surface area (Å²) in [5, 5.41) is 9.14. The lowest BCUT2D eigenvalue weighted by atomic mass is 9.81. The molecule has 8 heteroatoms. The average molecular weight is 385 g/mol. The monoisotopic (exact) mass is 385 g/mol. The summed E-state index contributed by atoms with van der Waals surface area (Å²) in [4.78, 5) is 12.1. The molecule has 0 unspecified atom stereocenters. The van der Waals surface area contributed by atoms with Crippen molar-refractivity contribution in [1.82, 2.24) is 9.97 Å². The quantitative estimate of drug-likeness (QED) is 0.867. The number of thioether (sulfide) groups is 1. The van der Waals surface area contributed by atoms with Crippen molar-refractivity contribution in [2.24, 2.45) is 16.6 Å². The molecule has 1 aliphatic rings. The normalized spacial score (nSPS) is 22.9. The highest BCUT2D eigenvalue weighted by atomic mass is 32.2. The van der Waals surface area contributed by atoms with Gasteiger partial charge in [0.2, 0.25) is 0 Å². The molecule has 0 amide bonds. The number of hydrogen-bond acceptors (Lipinski definition) is 6. The molecular weight excluding hydrogens is 368 g/mol. The van der Waals surface area contributed by atoms with Crippen LogP contribution < -0.4 is 5.73 Å². The highest BCUT2D eigenvalue weighted by Gasteiger charge is 2.38. The van der Waals surface area contributed by atoms with Gasteiger partial charge in [0.1, 0.15) is 17.6 Å². The van der Waals surface area contributed by atoms with Crippen LogP contribution in [0, 0.1) is 23.1 Å². The molecule has 0 saturated carbocycles. The van der Waals surface area contributed by atoms with Gasteiger partial charge in [-0.3, -0.25) is 4.99 Å². The van der Waals surface area contributed by atoms with Gasteiger partial charge in [-0.2, -0.15) is 5.26 Å². The lowest BCUT2D eigenvalue weighted by molar-refractivity contribution is 0.343. The Hall–Kier alpha value is -2.79. The number of hydrogen-bond donors (Lipinski definition) is 1. The molecule has 0 bridgehead atoms. The fourth-order valence-corrected chi connectivity index (χ4v) is 3.82. The van der Waals surface area contributed by atoms with E-state index in [1.165, 1.54) is 42.4 Å². The van der Waals surface area contributed by atoms with E-state index in [0.29, 0.717) is 16.3 Å². The number of nitrogens with zero attached hydrogens (tertiary/aromatic N) is 4. The van der Waals surface area contributed by atoms with E-state index in [0.717, 1.165) is 5.75 Å². The van der Waals surface area contributed by atoms with Gasteiger partial charge in [0.15, 0.2) is 16.7 Å². The number of halogens is 2. The number of nitriles is 1. The second-order valence-electron chi connectivity index (χ2n) is 6.44. The van der Waals surface area contributed by atoms with Gasteiger partial charge in [0, 0.05) is 11.3 Å². The van der Waals surface area contributed by atoms with Gasteiger partial charge in [0.25, 0.3) is 0 Å². The Morgan fingerprint density at radius 1 is 1.41 bits per heavy atom. The van der Waals surface area contributed by atoms with E-state index in [1.807, 2.05) is 19.9 Å². The molecule has 1 aliphatic heterocycles. The van der Waals surface area contributed by atoms with E-state index >= 15 is 0 Å². The molecule has 2 N–H and O–H groups in total. The van der Waals surface area contributed by atoms with Crippen LogP contribution in [0.3, 0.4) is 0 Å². The van der Waals surface area contributed by atoms with Crippen LogP contribution in [0.25, 0.3) is 11.9 Å². The number of benzene rings is 1. The molecule has 0 spiro atoms. The minimum absolute atomic E-state index is 0.00390. The topological polar surface area (TPSA) is 88.0 Å². The molecule has 2 heterocycles. The largest absolute Gasteiger partial charge is 0.379 e. The third-order valence-electron chi connectivity index (χ3n) is 4.62.